The van der Waals surface area contributed by atoms with Gasteiger partial charge in [-0.2, -0.15) is 5.10 Å². The quantitative estimate of drug-likeness (QED) is 0.725. The Balaban J connectivity index is 1.89. The van der Waals surface area contributed by atoms with E-state index in [2.05, 4.69) is 21.5 Å². The summed E-state index contributed by atoms with van der Waals surface area (Å²) in [5.41, 5.74) is 3.64. The fraction of sp³-hybridized carbons (Fsp3) is 0.231. The molecule has 1 aliphatic heterocycles. The van der Waals surface area contributed by atoms with Crippen molar-refractivity contribution in [3.8, 4) is 5.13 Å². The van der Waals surface area contributed by atoms with Crippen molar-refractivity contribution in [1.29, 1.82) is 0 Å². The summed E-state index contributed by atoms with van der Waals surface area (Å²) in [6, 6.07) is 8.22. The van der Waals surface area contributed by atoms with Gasteiger partial charge in [0.05, 0.1) is 22.1 Å². The van der Waals surface area contributed by atoms with E-state index in [0.29, 0.717) is 0 Å². The molecule has 3 aromatic rings. The summed E-state index contributed by atoms with van der Waals surface area (Å²) < 4.78 is 3.21. The van der Waals surface area contributed by atoms with Gasteiger partial charge >= 0.3 is 0 Å². The SMILES string of the molecule is c1ccc2sc(-n3ncc4c3CCNC4)nc2c1. The Morgan fingerprint density at radius 2 is 2.22 bits per heavy atom. The van der Waals surface area contributed by atoms with Crippen molar-refractivity contribution in [3.63, 3.8) is 0 Å². The minimum Gasteiger partial charge on any atom is -0.312 e. The number of rotatable bonds is 1. The Labute approximate surface area is 108 Å². The Morgan fingerprint density at radius 3 is 3.17 bits per heavy atom. The summed E-state index contributed by atoms with van der Waals surface area (Å²) in [5, 5.41) is 8.82. The Hall–Kier alpha value is -1.72. The van der Waals surface area contributed by atoms with Crippen molar-refractivity contribution in [1.82, 2.24) is 20.1 Å². The van der Waals surface area contributed by atoms with Gasteiger partial charge in [0, 0.05) is 25.1 Å². The zero-order chi connectivity index (χ0) is 11.9. The third kappa shape index (κ3) is 1.48. The Bertz CT molecular complexity index is 680. The molecule has 0 fully saturated rings. The van der Waals surface area contributed by atoms with Crippen LogP contribution in [-0.2, 0) is 13.0 Å². The number of aromatic nitrogens is 3. The first-order valence-electron chi connectivity index (χ1n) is 6.04. The average Bonchev–Trinajstić information content (AvgIpc) is 3.02. The maximum atomic E-state index is 4.66. The lowest BCUT2D eigenvalue weighted by molar-refractivity contribution is 0.622. The predicted molar refractivity (Wildman–Crippen MR) is 72.2 cm³/mol. The van der Waals surface area contributed by atoms with E-state index in [9.17, 15) is 0 Å². The van der Waals surface area contributed by atoms with Crippen molar-refractivity contribution < 1.29 is 0 Å². The molecule has 4 nitrogen and oxygen atoms in total. The zero-order valence-electron chi connectivity index (χ0n) is 9.76. The molecule has 0 spiro atoms. The van der Waals surface area contributed by atoms with Crippen LogP contribution in [0, 0.1) is 0 Å². The second-order valence-electron chi connectivity index (χ2n) is 4.42. The van der Waals surface area contributed by atoms with Crippen molar-refractivity contribution in [2.75, 3.05) is 6.54 Å². The average molecular weight is 256 g/mol. The molecule has 0 aliphatic carbocycles. The molecule has 0 amide bonds. The topological polar surface area (TPSA) is 42.7 Å². The van der Waals surface area contributed by atoms with E-state index >= 15 is 0 Å². The number of fused-ring (bicyclic) bond motifs is 2. The third-order valence-electron chi connectivity index (χ3n) is 3.27. The molecular formula is C13H12N4S. The zero-order valence-corrected chi connectivity index (χ0v) is 10.6. The summed E-state index contributed by atoms with van der Waals surface area (Å²) in [4.78, 5) is 4.66. The molecule has 0 unspecified atom stereocenters. The molecule has 5 heteroatoms. The second kappa shape index (κ2) is 3.90. The minimum absolute atomic E-state index is 0.917. The van der Waals surface area contributed by atoms with Crippen LogP contribution in [0.4, 0.5) is 0 Å². The van der Waals surface area contributed by atoms with E-state index in [4.69, 9.17) is 0 Å². The van der Waals surface area contributed by atoms with Crippen molar-refractivity contribution >= 4 is 21.6 Å². The first-order chi connectivity index (χ1) is 8.92. The Morgan fingerprint density at radius 1 is 1.28 bits per heavy atom. The highest BCUT2D eigenvalue weighted by Crippen LogP contribution is 2.26. The highest BCUT2D eigenvalue weighted by molar-refractivity contribution is 7.20. The molecule has 0 bridgehead atoms. The Kier molecular flexibility index (Phi) is 2.21. The monoisotopic (exact) mass is 256 g/mol. The molecule has 0 atom stereocenters. The lowest BCUT2D eigenvalue weighted by Crippen LogP contribution is -2.24. The van der Waals surface area contributed by atoms with Gasteiger partial charge in [-0.3, -0.25) is 0 Å². The van der Waals surface area contributed by atoms with Gasteiger partial charge in [-0.15, -0.1) is 0 Å². The normalized spacial score (nSPS) is 14.9. The predicted octanol–water partition coefficient (Wildman–Crippen LogP) is 2.13. The fourth-order valence-corrected chi connectivity index (χ4v) is 3.32. The van der Waals surface area contributed by atoms with E-state index < -0.39 is 0 Å². The molecule has 90 valence electrons. The number of thiazole rings is 1. The number of hydrogen-bond acceptors (Lipinski definition) is 4. The molecule has 1 aliphatic rings. The van der Waals surface area contributed by atoms with Crippen molar-refractivity contribution in [3.05, 3.63) is 41.7 Å². The highest BCUT2D eigenvalue weighted by Gasteiger charge is 2.17. The summed E-state index contributed by atoms with van der Waals surface area (Å²) in [6.45, 7) is 1.93. The molecule has 0 radical (unpaired) electrons. The summed E-state index contributed by atoms with van der Waals surface area (Å²) in [7, 11) is 0. The van der Waals surface area contributed by atoms with Gasteiger partial charge in [-0.1, -0.05) is 23.5 Å². The molecule has 0 saturated heterocycles. The summed E-state index contributed by atoms with van der Waals surface area (Å²) in [5.74, 6) is 0. The molecule has 2 aromatic heterocycles. The van der Waals surface area contributed by atoms with Crippen LogP contribution in [0.25, 0.3) is 15.3 Å². The molecular weight excluding hydrogens is 244 g/mol. The van der Waals surface area contributed by atoms with Crippen LogP contribution >= 0.6 is 11.3 Å². The molecule has 4 rings (SSSR count). The van der Waals surface area contributed by atoms with E-state index in [0.717, 1.165) is 30.2 Å². The number of nitrogens with one attached hydrogen (secondary N) is 1. The molecule has 3 heterocycles. The van der Waals surface area contributed by atoms with Crippen molar-refractivity contribution in [2.24, 2.45) is 0 Å². The van der Waals surface area contributed by atoms with Gasteiger partial charge in [0.1, 0.15) is 0 Å². The van der Waals surface area contributed by atoms with Crippen LogP contribution in [0.5, 0.6) is 0 Å². The number of nitrogens with zero attached hydrogens (tertiary/aromatic N) is 3. The molecule has 1 aromatic carbocycles. The highest BCUT2D eigenvalue weighted by atomic mass is 32.1. The second-order valence-corrected chi connectivity index (χ2v) is 5.43. The standard InChI is InChI=1S/C13H12N4S/c1-2-4-12-10(3-1)16-13(18-12)17-11-5-6-14-7-9(11)8-15-17/h1-4,8,14H,5-7H2. The fourth-order valence-electron chi connectivity index (χ4n) is 2.37. The largest absolute Gasteiger partial charge is 0.312 e. The van der Waals surface area contributed by atoms with E-state index in [-0.39, 0.29) is 0 Å². The van der Waals surface area contributed by atoms with Gasteiger partial charge < -0.3 is 5.32 Å². The van der Waals surface area contributed by atoms with Gasteiger partial charge in [-0.25, -0.2) is 9.67 Å². The maximum absolute atomic E-state index is 4.66. The molecule has 1 N–H and O–H groups in total. The molecule has 0 saturated carbocycles. The van der Waals surface area contributed by atoms with Crippen LogP contribution in [-0.4, -0.2) is 21.3 Å². The lowest BCUT2D eigenvalue weighted by Gasteiger charge is -2.13. The van der Waals surface area contributed by atoms with Crippen LogP contribution in [0.2, 0.25) is 0 Å². The number of para-hydroxylation sites is 1. The van der Waals surface area contributed by atoms with Gasteiger partial charge in [-0.05, 0) is 12.1 Å². The maximum Gasteiger partial charge on any atom is 0.211 e. The molecule has 18 heavy (non-hydrogen) atoms. The van der Waals surface area contributed by atoms with Gasteiger partial charge in [0.25, 0.3) is 0 Å². The first-order valence-corrected chi connectivity index (χ1v) is 6.86. The number of hydrogen-bond donors (Lipinski definition) is 1. The van der Waals surface area contributed by atoms with Crippen LogP contribution < -0.4 is 5.32 Å². The van der Waals surface area contributed by atoms with E-state index in [1.165, 1.54) is 16.0 Å². The van der Waals surface area contributed by atoms with Crippen LogP contribution in [0.1, 0.15) is 11.3 Å². The third-order valence-corrected chi connectivity index (χ3v) is 4.29. The first kappa shape index (κ1) is 10.2. The van der Waals surface area contributed by atoms with Crippen molar-refractivity contribution in [2.45, 2.75) is 13.0 Å². The van der Waals surface area contributed by atoms with E-state index in [1.54, 1.807) is 11.3 Å². The number of benzene rings is 1. The van der Waals surface area contributed by atoms with E-state index in [1.807, 2.05) is 29.1 Å². The lowest BCUT2D eigenvalue weighted by atomic mass is 10.1. The minimum atomic E-state index is 0.917. The van der Waals surface area contributed by atoms with Crippen LogP contribution in [0.3, 0.4) is 0 Å². The van der Waals surface area contributed by atoms with Gasteiger partial charge in [0.15, 0.2) is 0 Å². The summed E-state index contributed by atoms with van der Waals surface area (Å²) >= 11 is 1.70. The van der Waals surface area contributed by atoms with Crippen LogP contribution in [0.15, 0.2) is 30.5 Å². The smallest absolute Gasteiger partial charge is 0.211 e. The summed E-state index contributed by atoms with van der Waals surface area (Å²) in [6.07, 6.45) is 2.97. The van der Waals surface area contributed by atoms with Gasteiger partial charge in [0.2, 0.25) is 5.13 Å².